The molecule has 1 aliphatic rings. The van der Waals surface area contributed by atoms with Crippen LogP contribution in [0.15, 0.2) is 66.8 Å². The maximum Gasteiger partial charge on any atom is 0.408 e. The molecule has 1 atom stereocenters. The molecule has 0 spiro atoms. The number of aryl methyl sites for hydroxylation is 1. The summed E-state index contributed by atoms with van der Waals surface area (Å²) < 4.78 is 42.7. The van der Waals surface area contributed by atoms with Crippen molar-refractivity contribution in [3.63, 3.8) is 0 Å². The molecule has 1 aliphatic heterocycles. The molecule has 2 aromatic carbocycles. The number of halogens is 3. The highest BCUT2D eigenvalue weighted by Crippen LogP contribution is 2.39. The average Bonchev–Trinajstić information content (AvgIpc) is 3.06. The van der Waals surface area contributed by atoms with Crippen molar-refractivity contribution in [2.45, 2.75) is 26.1 Å². The summed E-state index contributed by atoms with van der Waals surface area (Å²) in [5, 5.41) is 10.8. The Morgan fingerprint density at radius 3 is 2.50 bits per heavy atom. The molecule has 0 saturated heterocycles. The number of para-hydroxylation sites is 1. The van der Waals surface area contributed by atoms with Gasteiger partial charge in [0.1, 0.15) is 12.1 Å². The van der Waals surface area contributed by atoms with Crippen molar-refractivity contribution in [2.24, 2.45) is 0 Å². The average molecular weight is 407 g/mol. The van der Waals surface area contributed by atoms with Crippen LogP contribution in [0.5, 0.6) is 0 Å². The molecule has 3 nitrogen and oxygen atoms in total. The van der Waals surface area contributed by atoms with E-state index in [1.54, 1.807) is 18.2 Å². The number of nitrogens with zero attached hydrogens (tertiary/aromatic N) is 3. The Morgan fingerprint density at radius 1 is 1.10 bits per heavy atom. The van der Waals surface area contributed by atoms with Gasteiger partial charge in [-0.15, -0.1) is 0 Å². The van der Waals surface area contributed by atoms with E-state index in [0.717, 1.165) is 29.1 Å². The molecule has 0 unspecified atom stereocenters. The Kier molecular flexibility index (Phi) is 4.90. The first-order valence-corrected chi connectivity index (χ1v) is 9.64. The quantitative estimate of drug-likeness (QED) is 0.535. The molecule has 0 fully saturated rings. The second-order valence-electron chi connectivity index (χ2n) is 7.38. The van der Waals surface area contributed by atoms with Crippen molar-refractivity contribution in [1.29, 1.82) is 5.26 Å². The van der Waals surface area contributed by atoms with Crippen LogP contribution in [0.1, 0.15) is 23.7 Å². The molecule has 6 heteroatoms. The van der Waals surface area contributed by atoms with E-state index < -0.39 is 12.2 Å². The van der Waals surface area contributed by atoms with Crippen LogP contribution in [0, 0.1) is 18.3 Å². The number of hydrogen-bond donors (Lipinski definition) is 0. The number of aromatic nitrogens is 1. The van der Waals surface area contributed by atoms with Crippen LogP contribution in [0.25, 0.3) is 22.3 Å². The number of allylic oxidation sites excluding steroid dienone is 2. The molecule has 152 valence electrons. The third kappa shape index (κ3) is 3.26. The van der Waals surface area contributed by atoms with Crippen molar-refractivity contribution < 1.29 is 13.2 Å². The zero-order valence-electron chi connectivity index (χ0n) is 16.6. The van der Waals surface area contributed by atoms with Crippen LogP contribution < -0.4 is 0 Å². The lowest BCUT2D eigenvalue weighted by atomic mass is 10.0. The number of nitriles is 1. The number of rotatable bonds is 3. The third-order valence-electron chi connectivity index (χ3n) is 5.43. The van der Waals surface area contributed by atoms with Gasteiger partial charge in [0.15, 0.2) is 0 Å². The highest BCUT2D eigenvalue weighted by atomic mass is 19.4. The van der Waals surface area contributed by atoms with E-state index in [0.29, 0.717) is 17.0 Å². The van der Waals surface area contributed by atoms with Crippen LogP contribution >= 0.6 is 0 Å². The van der Waals surface area contributed by atoms with Gasteiger partial charge in [-0.3, -0.25) is 0 Å². The fourth-order valence-electron chi connectivity index (χ4n) is 3.89. The lowest BCUT2D eigenvalue weighted by molar-refractivity contribution is -0.169. The molecule has 0 bridgehead atoms. The highest BCUT2D eigenvalue weighted by Gasteiger charge is 2.42. The minimum atomic E-state index is -4.39. The molecule has 0 N–H and O–H groups in total. The van der Waals surface area contributed by atoms with Crippen LogP contribution in [0.2, 0.25) is 0 Å². The summed E-state index contributed by atoms with van der Waals surface area (Å²) >= 11 is 0. The Hall–Kier alpha value is -3.46. The van der Waals surface area contributed by atoms with Crippen molar-refractivity contribution in [3.05, 3.63) is 83.6 Å². The summed E-state index contributed by atoms with van der Waals surface area (Å²) in [5.74, 6) is 0. The number of benzene rings is 2. The Bertz CT molecular complexity index is 1190. The van der Waals surface area contributed by atoms with Crippen LogP contribution in [-0.2, 0) is 0 Å². The van der Waals surface area contributed by atoms with Gasteiger partial charge < -0.3 is 9.47 Å². The van der Waals surface area contributed by atoms with Crippen molar-refractivity contribution in [2.75, 3.05) is 6.54 Å². The van der Waals surface area contributed by atoms with Gasteiger partial charge in [-0.1, -0.05) is 42.0 Å². The zero-order chi connectivity index (χ0) is 21.5. The molecule has 0 aliphatic carbocycles. The molecule has 0 amide bonds. The van der Waals surface area contributed by atoms with E-state index in [1.165, 1.54) is 4.90 Å². The first-order valence-electron chi connectivity index (χ1n) is 9.64. The Morgan fingerprint density at radius 2 is 1.83 bits per heavy atom. The van der Waals surface area contributed by atoms with Crippen molar-refractivity contribution >= 4 is 16.6 Å². The normalized spacial score (nSPS) is 15.2. The maximum absolute atomic E-state index is 13.6. The van der Waals surface area contributed by atoms with Crippen molar-refractivity contribution in [1.82, 2.24) is 9.47 Å². The van der Waals surface area contributed by atoms with Gasteiger partial charge in [0.25, 0.3) is 0 Å². The molecule has 4 rings (SSSR count). The van der Waals surface area contributed by atoms with Gasteiger partial charge in [-0.05, 0) is 44.2 Å². The molecule has 0 radical (unpaired) electrons. The largest absolute Gasteiger partial charge is 0.408 e. The van der Waals surface area contributed by atoms with E-state index in [2.05, 4.69) is 6.07 Å². The summed E-state index contributed by atoms with van der Waals surface area (Å²) in [6, 6.07) is 15.7. The van der Waals surface area contributed by atoms with E-state index >= 15 is 0 Å². The first kappa shape index (κ1) is 19.8. The summed E-state index contributed by atoms with van der Waals surface area (Å²) in [7, 11) is 0. The lowest BCUT2D eigenvalue weighted by Gasteiger charge is -2.35. The minimum Gasteiger partial charge on any atom is -0.354 e. The molecule has 3 aromatic rings. The predicted octanol–water partition coefficient (Wildman–Crippen LogP) is 5.97. The lowest BCUT2D eigenvalue weighted by Crippen LogP contribution is -2.43. The van der Waals surface area contributed by atoms with Crippen LogP contribution in [0.3, 0.4) is 0 Å². The molecule has 2 heterocycles. The SMILES string of the molecule is Cc1ccc2c(c1)c(C#N)c(C1=CC=CCN1[C@@H](C)C(F)(F)F)n2-c1ccccc1. The van der Waals surface area contributed by atoms with E-state index in [-0.39, 0.29) is 6.54 Å². The van der Waals surface area contributed by atoms with Gasteiger partial charge in [0, 0.05) is 17.6 Å². The standard InChI is InChI=1S/C24H20F3N3/c1-16-11-12-21-19(14-16)20(15-28)23(30(21)18-8-4-3-5-9-18)22-10-6-7-13-29(22)17(2)24(25,26)27/h3-12,14,17H,13H2,1-2H3/t17-/m0/s1. The Balaban J connectivity index is 2.06. The van der Waals surface area contributed by atoms with E-state index in [9.17, 15) is 18.4 Å². The van der Waals surface area contributed by atoms with Crippen LogP contribution in [0.4, 0.5) is 13.2 Å². The van der Waals surface area contributed by atoms with Gasteiger partial charge in [-0.2, -0.15) is 18.4 Å². The molecular formula is C24H20F3N3. The molecular weight excluding hydrogens is 387 g/mol. The smallest absolute Gasteiger partial charge is 0.354 e. The third-order valence-corrected chi connectivity index (χ3v) is 5.43. The fourth-order valence-corrected chi connectivity index (χ4v) is 3.89. The second-order valence-corrected chi connectivity index (χ2v) is 7.38. The second kappa shape index (κ2) is 7.42. The fraction of sp³-hybridized carbons (Fsp3) is 0.208. The topological polar surface area (TPSA) is 32.0 Å². The minimum absolute atomic E-state index is 0.118. The summed E-state index contributed by atoms with van der Waals surface area (Å²) in [6.07, 6.45) is 0.704. The van der Waals surface area contributed by atoms with Gasteiger partial charge in [0.2, 0.25) is 0 Å². The zero-order valence-corrected chi connectivity index (χ0v) is 16.6. The number of alkyl halides is 3. The summed E-state index contributed by atoms with van der Waals surface area (Å²) in [4.78, 5) is 1.31. The predicted molar refractivity (Wildman–Crippen MR) is 112 cm³/mol. The summed E-state index contributed by atoms with van der Waals surface area (Å²) in [5.41, 5.74) is 3.79. The van der Waals surface area contributed by atoms with Gasteiger partial charge >= 0.3 is 6.18 Å². The maximum atomic E-state index is 13.6. The van der Waals surface area contributed by atoms with Crippen LogP contribution in [-0.4, -0.2) is 28.2 Å². The van der Waals surface area contributed by atoms with E-state index in [4.69, 9.17) is 0 Å². The first-order chi connectivity index (χ1) is 14.3. The number of fused-ring (bicyclic) bond motifs is 1. The van der Waals surface area contributed by atoms with Gasteiger partial charge in [0.05, 0.1) is 22.5 Å². The monoisotopic (exact) mass is 407 g/mol. The highest BCUT2D eigenvalue weighted by molar-refractivity contribution is 5.95. The van der Waals surface area contributed by atoms with E-state index in [1.807, 2.05) is 60.0 Å². The molecule has 0 saturated carbocycles. The number of hydrogen-bond acceptors (Lipinski definition) is 2. The van der Waals surface area contributed by atoms with Crippen molar-refractivity contribution in [3.8, 4) is 11.8 Å². The summed E-state index contributed by atoms with van der Waals surface area (Å²) in [6.45, 7) is 3.20. The Labute approximate surface area is 173 Å². The molecule has 1 aromatic heterocycles. The van der Waals surface area contributed by atoms with Gasteiger partial charge in [-0.25, -0.2) is 0 Å². The molecule has 30 heavy (non-hydrogen) atoms.